The number of thioether (sulfide) groups is 1. The standard InChI is InChI=1S/C20H22N4O2S/c1-4-24-19(26)16-7-5-6-8-17(16)22-20(24)27-13-18(25)21-14-9-11-15(12-10-14)23(2)3/h5-12H,4,13H2,1-3H3,(H,21,25). The molecule has 1 amide bonds. The fraction of sp³-hybridized carbons (Fsp3) is 0.250. The van der Waals surface area contributed by atoms with Crippen LogP contribution in [0.4, 0.5) is 11.4 Å². The van der Waals surface area contributed by atoms with Gasteiger partial charge in [0.05, 0.1) is 16.7 Å². The van der Waals surface area contributed by atoms with Crippen LogP contribution >= 0.6 is 11.8 Å². The summed E-state index contributed by atoms with van der Waals surface area (Å²) >= 11 is 1.27. The van der Waals surface area contributed by atoms with E-state index in [9.17, 15) is 9.59 Å². The van der Waals surface area contributed by atoms with Gasteiger partial charge in [-0.3, -0.25) is 14.2 Å². The zero-order chi connectivity index (χ0) is 19.4. The molecule has 27 heavy (non-hydrogen) atoms. The van der Waals surface area contributed by atoms with Crippen molar-refractivity contribution < 1.29 is 4.79 Å². The van der Waals surface area contributed by atoms with Gasteiger partial charge in [-0.15, -0.1) is 0 Å². The minimum absolute atomic E-state index is 0.0784. The molecule has 0 aliphatic rings. The first-order chi connectivity index (χ1) is 13.0. The van der Waals surface area contributed by atoms with Crippen molar-refractivity contribution in [1.82, 2.24) is 9.55 Å². The number of carbonyl (C=O) groups excluding carboxylic acids is 1. The number of carbonyl (C=O) groups is 1. The summed E-state index contributed by atoms with van der Waals surface area (Å²) in [6.07, 6.45) is 0. The van der Waals surface area contributed by atoms with Crippen molar-refractivity contribution in [3.63, 3.8) is 0 Å². The minimum Gasteiger partial charge on any atom is -0.378 e. The van der Waals surface area contributed by atoms with E-state index in [0.717, 1.165) is 11.4 Å². The normalized spacial score (nSPS) is 10.8. The number of hydrogen-bond acceptors (Lipinski definition) is 5. The third kappa shape index (κ3) is 4.31. The van der Waals surface area contributed by atoms with Gasteiger partial charge in [0.1, 0.15) is 0 Å². The molecule has 3 aromatic rings. The number of fused-ring (bicyclic) bond motifs is 1. The van der Waals surface area contributed by atoms with Gasteiger partial charge in [-0.1, -0.05) is 23.9 Å². The number of nitrogens with one attached hydrogen (secondary N) is 1. The molecule has 0 bridgehead atoms. The molecule has 6 nitrogen and oxygen atoms in total. The highest BCUT2D eigenvalue weighted by Crippen LogP contribution is 2.19. The van der Waals surface area contributed by atoms with Gasteiger partial charge < -0.3 is 10.2 Å². The quantitative estimate of drug-likeness (QED) is 0.524. The average molecular weight is 382 g/mol. The first-order valence-corrected chi connectivity index (χ1v) is 9.67. The highest BCUT2D eigenvalue weighted by atomic mass is 32.2. The van der Waals surface area contributed by atoms with Crippen LogP contribution in [0.2, 0.25) is 0 Å². The van der Waals surface area contributed by atoms with Crippen molar-refractivity contribution in [1.29, 1.82) is 0 Å². The fourth-order valence-corrected chi connectivity index (χ4v) is 3.57. The molecule has 0 aliphatic heterocycles. The number of amides is 1. The van der Waals surface area contributed by atoms with Gasteiger partial charge >= 0.3 is 0 Å². The molecule has 7 heteroatoms. The molecule has 140 valence electrons. The highest BCUT2D eigenvalue weighted by Gasteiger charge is 2.12. The summed E-state index contributed by atoms with van der Waals surface area (Å²) in [5.74, 6) is 0.0443. The molecular weight excluding hydrogens is 360 g/mol. The zero-order valence-corrected chi connectivity index (χ0v) is 16.4. The lowest BCUT2D eigenvalue weighted by atomic mass is 10.2. The summed E-state index contributed by atoms with van der Waals surface area (Å²) in [7, 11) is 3.93. The molecule has 0 aliphatic carbocycles. The fourth-order valence-electron chi connectivity index (χ4n) is 2.71. The van der Waals surface area contributed by atoms with Crippen molar-refractivity contribution in [3.05, 3.63) is 58.9 Å². The van der Waals surface area contributed by atoms with Gasteiger partial charge in [0.25, 0.3) is 5.56 Å². The van der Waals surface area contributed by atoms with Crippen molar-refractivity contribution in [2.75, 3.05) is 30.1 Å². The number of benzene rings is 2. The number of para-hydroxylation sites is 1. The Labute approximate surface area is 162 Å². The largest absolute Gasteiger partial charge is 0.378 e. The summed E-state index contributed by atoms with van der Waals surface area (Å²) < 4.78 is 1.60. The van der Waals surface area contributed by atoms with Crippen LogP contribution in [0.25, 0.3) is 10.9 Å². The van der Waals surface area contributed by atoms with Gasteiger partial charge in [0.15, 0.2) is 5.16 Å². The molecule has 0 radical (unpaired) electrons. The molecule has 0 fully saturated rings. The second-order valence-corrected chi connectivity index (χ2v) is 7.18. The summed E-state index contributed by atoms with van der Waals surface area (Å²) in [6, 6.07) is 14.9. The van der Waals surface area contributed by atoms with Crippen LogP contribution in [0.3, 0.4) is 0 Å². The molecule has 1 aromatic heterocycles. The maximum absolute atomic E-state index is 12.6. The average Bonchev–Trinajstić information content (AvgIpc) is 2.67. The van der Waals surface area contributed by atoms with E-state index in [2.05, 4.69) is 10.3 Å². The van der Waals surface area contributed by atoms with E-state index >= 15 is 0 Å². The Hall–Kier alpha value is -2.80. The topological polar surface area (TPSA) is 67.2 Å². The Morgan fingerprint density at radius 1 is 1.15 bits per heavy atom. The smallest absolute Gasteiger partial charge is 0.262 e. The molecular formula is C20H22N4O2S. The van der Waals surface area contributed by atoms with E-state index < -0.39 is 0 Å². The Morgan fingerprint density at radius 3 is 2.52 bits per heavy atom. The van der Waals surface area contributed by atoms with Crippen LogP contribution in [0.5, 0.6) is 0 Å². The first kappa shape index (κ1) is 19.0. The van der Waals surface area contributed by atoms with Crippen LogP contribution in [0.15, 0.2) is 58.5 Å². The van der Waals surface area contributed by atoms with Crippen LogP contribution < -0.4 is 15.8 Å². The molecule has 0 saturated heterocycles. The van der Waals surface area contributed by atoms with Gasteiger partial charge in [-0.2, -0.15) is 0 Å². The van der Waals surface area contributed by atoms with Crippen molar-refractivity contribution in [2.45, 2.75) is 18.6 Å². The second kappa shape index (κ2) is 8.26. The lowest BCUT2D eigenvalue weighted by Gasteiger charge is -2.13. The Bertz CT molecular complexity index is 1010. The van der Waals surface area contributed by atoms with Crippen molar-refractivity contribution >= 4 is 39.9 Å². The SMILES string of the molecule is CCn1c(SCC(=O)Nc2ccc(N(C)C)cc2)nc2ccccc2c1=O. The first-order valence-electron chi connectivity index (χ1n) is 8.69. The Balaban J connectivity index is 1.72. The van der Waals surface area contributed by atoms with Crippen LogP contribution in [-0.4, -0.2) is 35.3 Å². The molecule has 1 heterocycles. The van der Waals surface area contributed by atoms with Gasteiger partial charge in [-0.05, 0) is 43.3 Å². The van der Waals surface area contributed by atoms with Crippen LogP contribution in [0.1, 0.15) is 6.92 Å². The third-order valence-corrected chi connectivity index (χ3v) is 5.12. The van der Waals surface area contributed by atoms with E-state index in [0.29, 0.717) is 22.6 Å². The summed E-state index contributed by atoms with van der Waals surface area (Å²) in [5.41, 5.74) is 2.37. The molecule has 0 spiro atoms. The molecule has 1 N–H and O–H groups in total. The monoisotopic (exact) mass is 382 g/mol. The third-order valence-electron chi connectivity index (χ3n) is 4.14. The zero-order valence-electron chi connectivity index (χ0n) is 15.6. The number of nitrogens with zero attached hydrogens (tertiary/aromatic N) is 3. The maximum atomic E-state index is 12.6. The molecule has 3 rings (SSSR count). The molecule has 0 saturated carbocycles. The van der Waals surface area contributed by atoms with Crippen LogP contribution in [-0.2, 0) is 11.3 Å². The van der Waals surface area contributed by atoms with Gasteiger partial charge in [0.2, 0.25) is 5.91 Å². The minimum atomic E-state index is -0.136. The highest BCUT2D eigenvalue weighted by molar-refractivity contribution is 7.99. The number of hydrogen-bond donors (Lipinski definition) is 1. The van der Waals surface area contributed by atoms with Crippen molar-refractivity contribution in [3.8, 4) is 0 Å². The Kier molecular flexibility index (Phi) is 5.81. The van der Waals surface area contributed by atoms with Gasteiger partial charge in [0, 0.05) is 32.0 Å². The van der Waals surface area contributed by atoms with E-state index in [4.69, 9.17) is 0 Å². The molecule has 0 atom stereocenters. The summed E-state index contributed by atoms with van der Waals surface area (Å²) in [5, 5.41) is 4.02. The lowest BCUT2D eigenvalue weighted by molar-refractivity contribution is -0.113. The Morgan fingerprint density at radius 2 is 1.85 bits per heavy atom. The summed E-state index contributed by atoms with van der Waals surface area (Å²) in [6.45, 7) is 2.40. The van der Waals surface area contributed by atoms with Gasteiger partial charge in [-0.25, -0.2) is 4.98 Å². The lowest BCUT2D eigenvalue weighted by Crippen LogP contribution is -2.23. The van der Waals surface area contributed by atoms with E-state index in [1.165, 1.54) is 11.8 Å². The van der Waals surface area contributed by atoms with E-state index in [1.807, 2.05) is 68.4 Å². The maximum Gasteiger partial charge on any atom is 0.262 e. The van der Waals surface area contributed by atoms with E-state index in [-0.39, 0.29) is 17.2 Å². The predicted octanol–water partition coefficient (Wildman–Crippen LogP) is 3.21. The second-order valence-electron chi connectivity index (χ2n) is 6.24. The van der Waals surface area contributed by atoms with Crippen molar-refractivity contribution in [2.24, 2.45) is 0 Å². The number of anilines is 2. The van der Waals surface area contributed by atoms with Crippen LogP contribution in [0, 0.1) is 0 Å². The number of rotatable bonds is 6. The molecule has 0 unspecified atom stereocenters. The predicted molar refractivity (Wildman–Crippen MR) is 112 cm³/mol. The number of aromatic nitrogens is 2. The summed E-state index contributed by atoms with van der Waals surface area (Å²) in [4.78, 5) is 31.5. The van der Waals surface area contributed by atoms with E-state index in [1.54, 1.807) is 10.6 Å². The molecule has 2 aromatic carbocycles.